The minimum Gasteiger partial charge on any atom is -0.365 e. The molecule has 4 heteroatoms. The maximum atomic E-state index is 4.41. The molecule has 0 amide bonds. The zero-order valence-corrected chi connectivity index (χ0v) is 13.8. The first-order valence-corrected chi connectivity index (χ1v) is 8.15. The summed E-state index contributed by atoms with van der Waals surface area (Å²) in [4.78, 5) is 6.92. The number of hydrogen-bond donors (Lipinski definition) is 1. The van der Waals surface area contributed by atoms with Crippen molar-refractivity contribution in [1.29, 1.82) is 0 Å². The molecule has 2 atom stereocenters. The van der Waals surface area contributed by atoms with Gasteiger partial charge in [0.2, 0.25) is 0 Å². The first kappa shape index (κ1) is 14.5. The van der Waals surface area contributed by atoms with Gasteiger partial charge in [0.1, 0.15) is 5.82 Å². The van der Waals surface area contributed by atoms with Crippen LogP contribution in [0.3, 0.4) is 0 Å². The number of hydrogen-bond acceptors (Lipinski definition) is 3. The molecule has 0 bridgehead atoms. The second-order valence-electron chi connectivity index (χ2n) is 5.74. The van der Waals surface area contributed by atoms with E-state index in [0.29, 0.717) is 12.0 Å². The Labute approximate surface area is 134 Å². The molecule has 1 saturated heterocycles. The standard InChI is InChI=1S/C17H20BrN3/c1-13-10-21(11-14-6-3-2-4-7-14)12-16(13)20-17-15(18)8-5-9-19-17/h2-9,13,16H,10-12H2,1H3,(H,19,20). The highest BCUT2D eigenvalue weighted by Crippen LogP contribution is 2.25. The van der Waals surface area contributed by atoms with E-state index in [9.17, 15) is 0 Å². The molecular formula is C17H20BrN3. The van der Waals surface area contributed by atoms with Gasteiger partial charge in [-0.25, -0.2) is 4.98 Å². The van der Waals surface area contributed by atoms with Gasteiger partial charge >= 0.3 is 0 Å². The number of anilines is 1. The van der Waals surface area contributed by atoms with Crippen molar-refractivity contribution in [2.75, 3.05) is 18.4 Å². The number of nitrogens with one attached hydrogen (secondary N) is 1. The van der Waals surface area contributed by atoms with Crippen LogP contribution in [0, 0.1) is 5.92 Å². The number of likely N-dealkylation sites (tertiary alicyclic amines) is 1. The van der Waals surface area contributed by atoms with E-state index in [1.807, 2.05) is 18.3 Å². The average molecular weight is 346 g/mol. The predicted octanol–water partition coefficient (Wildman–Crippen LogP) is 3.78. The van der Waals surface area contributed by atoms with E-state index in [0.717, 1.165) is 29.9 Å². The molecule has 1 aromatic carbocycles. The van der Waals surface area contributed by atoms with Crippen LogP contribution in [0.1, 0.15) is 12.5 Å². The lowest BCUT2D eigenvalue weighted by molar-refractivity contribution is 0.319. The smallest absolute Gasteiger partial charge is 0.140 e. The fraction of sp³-hybridized carbons (Fsp3) is 0.353. The summed E-state index contributed by atoms with van der Waals surface area (Å²) in [5.74, 6) is 1.55. The summed E-state index contributed by atoms with van der Waals surface area (Å²) >= 11 is 3.55. The van der Waals surface area contributed by atoms with Gasteiger partial charge in [0.15, 0.2) is 0 Å². The highest BCUT2D eigenvalue weighted by Gasteiger charge is 2.29. The molecule has 0 aliphatic carbocycles. The van der Waals surface area contributed by atoms with Crippen molar-refractivity contribution in [3.8, 4) is 0 Å². The maximum absolute atomic E-state index is 4.41. The van der Waals surface area contributed by atoms with Crippen LogP contribution in [-0.4, -0.2) is 29.0 Å². The number of halogens is 1. The SMILES string of the molecule is CC1CN(Cc2ccccc2)CC1Nc1ncccc1Br. The van der Waals surface area contributed by atoms with Crippen LogP contribution in [0.2, 0.25) is 0 Å². The van der Waals surface area contributed by atoms with Crippen molar-refractivity contribution in [1.82, 2.24) is 9.88 Å². The lowest BCUT2D eigenvalue weighted by Crippen LogP contribution is -2.28. The van der Waals surface area contributed by atoms with Crippen molar-refractivity contribution < 1.29 is 0 Å². The Morgan fingerprint density at radius 3 is 2.76 bits per heavy atom. The zero-order chi connectivity index (χ0) is 14.7. The second-order valence-corrected chi connectivity index (χ2v) is 6.60. The predicted molar refractivity (Wildman–Crippen MR) is 90.2 cm³/mol. The van der Waals surface area contributed by atoms with Gasteiger partial charge in [0, 0.05) is 31.9 Å². The summed E-state index contributed by atoms with van der Waals surface area (Å²) in [6.07, 6.45) is 1.83. The van der Waals surface area contributed by atoms with Gasteiger partial charge in [-0.15, -0.1) is 0 Å². The molecule has 1 aliphatic heterocycles. The van der Waals surface area contributed by atoms with Crippen LogP contribution in [-0.2, 0) is 6.54 Å². The normalized spacial score (nSPS) is 22.4. The van der Waals surface area contributed by atoms with E-state index in [1.54, 1.807) is 0 Å². The van der Waals surface area contributed by atoms with Gasteiger partial charge in [0.25, 0.3) is 0 Å². The van der Waals surface area contributed by atoms with Crippen molar-refractivity contribution in [3.63, 3.8) is 0 Å². The Kier molecular flexibility index (Phi) is 4.56. The molecule has 21 heavy (non-hydrogen) atoms. The lowest BCUT2D eigenvalue weighted by atomic mass is 10.1. The van der Waals surface area contributed by atoms with Crippen molar-refractivity contribution in [3.05, 3.63) is 58.7 Å². The third-order valence-corrected chi connectivity index (χ3v) is 4.66. The fourth-order valence-electron chi connectivity index (χ4n) is 2.89. The summed E-state index contributed by atoms with van der Waals surface area (Å²) in [5.41, 5.74) is 1.38. The van der Waals surface area contributed by atoms with Crippen molar-refractivity contribution in [2.45, 2.75) is 19.5 Å². The molecule has 1 aromatic heterocycles. The van der Waals surface area contributed by atoms with E-state index in [1.165, 1.54) is 5.56 Å². The topological polar surface area (TPSA) is 28.2 Å². The molecule has 2 unspecified atom stereocenters. The Bertz CT molecular complexity index is 588. The van der Waals surface area contributed by atoms with Crippen LogP contribution >= 0.6 is 15.9 Å². The molecule has 110 valence electrons. The Morgan fingerprint density at radius 2 is 2.00 bits per heavy atom. The van der Waals surface area contributed by atoms with Gasteiger partial charge in [-0.05, 0) is 39.5 Å². The van der Waals surface area contributed by atoms with Crippen LogP contribution in [0.5, 0.6) is 0 Å². The number of aromatic nitrogens is 1. The summed E-state index contributed by atoms with van der Waals surface area (Å²) in [6, 6.07) is 15.1. The molecule has 1 fully saturated rings. The van der Waals surface area contributed by atoms with Crippen LogP contribution in [0.15, 0.2) is 53.1 Å². The second kappa shape index (κ2) is 6.58. The minimum atomic E-state index is 0.444. The van der Waals surface area contributed by atoms with Crippen molar-refractivity contribution in [2.24, 2.45) is 5.92 Å². The van der Waals surface area contributed by atoms with Gasteiger partial charge in [0.05, 0.1) is 4.47 Å². The van der Waals surface area contributed by atoms with Gasteiger partial charge in [-0.2, -0.15) is 0 Å². The average Bonchev–Trinajstić information content (AvgIpc) is 2.82. The summed E-state index contributed by atoms with van der Waals surface area (Å²) in [6.45, 7) is 5.50. The van der Waals surface area contributed by atoms with E-state index < -0.39 is 0 Å². The molecular weight excluding hydrogens is 326 g/mol. The lowest BCUT2D eigenvalue weighted by Gasteiger charge is -2.18. The Balaban J connectivity index is 1.62. The monoisotopic (exact) mass is 345 g/mol. The Morgan fingerprint density at radius 1 is 1.19 bits per heavy atom. The van der Waals surface area contributed by atoms with Gasteiger partial charge < -0.3 is 5.32 Å². The number of benzene rings is 1. The molecule has 0 spiro atoms. The molecule has 2 heterocycles. The van der Waals surface area contributed by atoms with E-state index in [-0.39, 0.29) is 0 Å². The Hall–Kier alpha value is -1.39. The molecule has 0 radical (unpaired) electrons. The number of pyridine rings is 1. The van der Waals surface area contributed by atoms with Crippen LogP contribution in [0.4, 0.5) is 5.82 Å². The minimum absolute atomic E-state index is 0.444. The van der Waals surface area contributed by atoms with Crippen LogP contribution in [0.25, 0.3) is 0 Å². The zero-order valence-electron chi connectivity index (χ0n) is 12.2. The summed E-state index contributed by atoms with van der Waals surface area (Å²) < 4.78 is 1.03. The molecule has 0 saturated carbocycles. The first-order valence-electron chi connectivity index (χ1n) is 7.35. The highest BCUT2D eigenvalue weighted by atomic mass is 79.9. The molecule has 1 aliphatic rings. The maximum Gasteiger partial charge on any atom is 0.140 e. The quantitative estimate of drug-likeness (QED) is 0.913. The molecule has 3 nitrogen and oxygen atoms in total. The number of rotatable bonds is 4. The van der Waals surface area contributed by atoms with E-state index >= 15 is 0 Å². The van der Waals surface area contributed by atoms with Gasteiger partial charge in [-0.1, -0.05) is 37.3 Å². The molecule has 1 N–H and O–H groups in total. The van der Waals surface area contributed by atoms with Gasteiger partial charge in [-0.3, -0.25) is 4.90 Å². The first-order chi connectivity index (χ1) is 10.2. The fourth-order valence-corrected chi connectivity index (χ4v) is 3.26. The molecule has 3 rings (SSSR count). The van der Waals surface area contributed by atoms with E-state index in [4.69, 9.17) is 0 Å². The van der Waals surface area contributed by atoms with Crippen molar-refractivity contribution >= 4 is 21.7 Å². The largest absolute Gasteiger partial charge is 0.365 e. The summed E-state index contributed by atoms with van der Waals surface area (Å²) in [7, 11) is 0. The third kappa shape index (κ3) is 3.63. The number of nitrogens with zero attached hydrogens (tertiary/aromatic N) is 2. The highest BCUT2D eigenvalue weighted by molar-refractivity contribution is 9.10. The summed E-state index contributed by atoms with van der Waals surface area (Å²) in [5, 5.41) is 3.58. The third-order valence-electron chi connectivity index (χ3n) is 4.02. The molecule has 2 aromatic rings. The van der Waals surface area contributed by atoms with Crippen LogP contribution < -0.4 is 5.32 Å². The van der Waals surface area contributed by atoms with E-state index in [2.05, 4.69) is 68.4 Å².